The van der Waals surface area contributed by atoms with E-state index in [4.69, 9.17) is 11.6 Å². The lowest BCUT2D eigenvalue weighted by Crippen LogP contribution is -2.41. The maximum atomic E-state index is 12.4. The predicted octanol–water partition coefficient (Wildman–Crippen LogP) is 4.95. The van der Waals surface area contributed by atoms with E-state index in [1.807, 2.05) is 12.1 Å². The molecule has 1 unspecified atom stereocenters. The predicted molar refractivity (Wildman–Crippen MR) is 93.4 cm³/mol. The van der Waals surface area contributed by atoms with Crippen LogP contribution in [0.5, 0.6) is 0 Å². The standard InChI is InChI=1S/C18H17BrClNO/c1-12(21-17(22)15-4-2-3-5-16(15)20)18(10-11-18)13-6-8-14(19)9-7-13/h2-9,12H,10-11H2,1H3,(H,21,22). The van der Waals surface area contributed by atoms with Crippen molar-refractivity contribution in [1.82, 2.24) is 5.32 Å². The zero-order chi connectivity index (χ0) is 15.7. The molecule has 1 amide bonds. The summed E-state index contributed by atoms with van der Waals surface area (Å²) < 4.78 is 1.07. The Morgan fingerprint density at radius 1 is 1.18 bits per heavy atom. The zero-order valence-electron chi connectivity index (χ0n) is 12.3. The Morgan fingerprint density at radius 2 is 1.82 bits per heavy atom. The monoisotopic (exact) mass is 377 g/mol. The van der Waals surface area contributed by atoms with Crippen molar-refractivity contribution in [2.24, 2.45) is 0 Å². The Balaban J connectivity index is 1.77. The first-order valence-corrected chi connectivity index (χ1v) is 8.51. The fourth-order valence-electron chi connectivity index (χ4n) is 2.95. The van der Waals surface area contributed by atoms with E-state index in [0.29, 0.717) is 10.6 Å². The molecule has 1 atom stereocenters. The molecule has 0 radical (unpaired) electrons. The van der Waals surface area contributed by atoms with Crippen LogP contribution in [0.4, 0.5) is 0 Å². The highest BCUT2D eigenvalue weighted by atomic mass is 79.9. The van der Waals surface area contributed by atoms with Gasteiger partial charge in [-0.25, -0.2) is 0 Å². The van der Waals surface area contributed by atoms with Gasteiger partial charge in [0, 0.05) is 15.9 Å². The third kappa shape index (κ3) is 2.92. The minimum atomic E-state index is -0.110. The van der Waals surface area contributed by atoms with Gasteiger partial charge in [-0.2, -0.15) is 0 Å². The van der Waals surface area contributed by atoms with Crippen LogP contribution in [-0.2, 0) is 5.41 Å². The number of rotatable bonds is 4. The molecule has 1 aliphatic rings. The van der Waals surface area contributed by atoms with E-state index in [1.54, 1.807) is 12.1 Å². The molecule has 1 fully saturated rings. The fraction of sp³-hybridized carbons (Fsp3) is 0.278. The lowest BCUT2D eigenvalue weighted by Gasteiger charge is -2.25. The van der Waals surface area contributed by atoms with Gasteiger partial charge in [-0.15, -0.1) is 0 Å². The number of benzene rings is 2. The van der Waals surface area contributed by atoms with Crippen molar-refractivity contribution < 1.29 is 4.79 Å². The second-order valence-corrected chi connectivity index (χ2v) is 7.16. The van der Waals surface area contributed by atoms with Gasteiger partial charge in [-0.1, -0.05) is 51.8 Å². The second kappa shape index (κ2) is 6.05. The van der Waals surface area contributed by atoms with E-state index < -0.39 is 0 Å². The minimum absolute atomic E-state index is 0.0532. The van der Waals surface area contributed by atoms with E-state index >= 15 is 0 Å². The van der Waals surface area contributed by atoms with Gasteiger partial charge in [0.05, 0.1) is 10.6 Å². The highest BCUT2D eigenvalue weighted by molar-refractivity contribution is 9.10. The van der Waals surface area contributed by atoms with Crippen molar-refractivity contribution in [2.45, 2.75) is 31.2 Å². The topological polar surface area (TPSA) is 29.1 Å². The van der Waals surface area contributed by atoms with E-state index in [0.717, 1.165) is 17.3 Å². The third-order valence-corrected chi connectivity index (χ3v) is 5.36. The van der Waals surface area contributed by atoms with E-state index in [9.17, 15) is 4.79 Å². The Hall–Kier alpha value is -1.32. The first kappa shape index (κ1) is 15.6. The number of amides is 1. The van der Waals surface area contributed by atoms with Gasteiger partial charge in [-0.3, -0.25) is 4.79 Å². The molecule has 1 N–H and O–H groups in total. The van der Waals surface area contributed by atoms with Crippen molar-refractivity contribution in [3.05, 3.63) is 69.2 Å². The van der Waals surface area contributed by atoms with Crippen LogP contribution in [0.15, 0.2) is 53.0 Å². The summed E-state index contributed by atoms with van der Waals surface area (Å²) in [6.45, 7) is 2.07. The molecule has 0 saturated heterocycles. The van der Waals surface area contributed by atoms with Crippen LogP contribution >= 0.6 is 27.5 Å². The smallest absolute Gasteiger partial charge is 0.253 e. The summed E-state index contributed by atoms with van der Waals surface area (Å²) in [7, 11) is 0. The molecular weight excluding hydrogens is 362 g/mol. The molecular formula is C18H17BrClNO. The second-order valence-electron chi connectivity index (χ2n) is 5.84. The first-order valence-electron chi connectivity index (χ1n) is 7.34. The Labute approximate surface area is 144 Å². The summed E-state index contributed by atoms with van der Waals surface area (Å²) in [6.07, 6.45) is 2.19. The molecule has 2 nitrogen and oxygen atoms in total. The fourth-order valence-corrected chi connectivity index (χ4v) is 3.43. The number of hydrogen-bond donors (Lipinski definition) is 1. The number of nitrogens with one attached hydrogen (secondary N) is 1. The number of carbonyl (C=O) groups is 1. The largest absolute Gasteiger partial charge is 0.349 e. The normalized spacial score (nSPS) is 16.9. The molecule has 1 saturated carbocycles. The molecule has 4 heteroatoms. The molecule has 22 heavy (non-hydrogen) atoms. The van der Waals surface area contributed by atoms with Gasteiger partial charge in [0.15, 0.2) is 0 Å². The van der Waals surface area contributed by atoms with Gasteiger partial charge < -0.3 is 5.32 Å². The zero-order valence-corrected chi connectivity index (χ0v) is 14.6. The maximum Gasteiger partial charge on any atom is 0.253 e. The summed E-state index contributed by atoms with van der Waals surface area (Å²) >= 11 is 9.56. The van der Waals surface area contributed by atoms with E-state index in [2.05, 4.69) is 52.4 Å². The molecule has 2 aromatic carbocycles. The van der Waals surface area contributed by atoms with Crippen molar-refractivity contribution >= 4 is 33.4 Å². The SMILES string of the molecule is CC(NC(=O)c1ccccc1Cl)C1(c2ccc(Br)cc2)CC1. The van der Waals surface area contributed by atoms with Crippen LogP contribution in [0.3, 0.4) is 0 Å². The Bertz CT molecular complexity index is 694. The number of hydrogen-bond acceptors (Lipinski definition) is 1. The summed E-state index contributed by atoms with van der Waals surface area (Å²) in [6, 6.07) is 15.6. The molecule has 114 valence electrons. The summed E-state index contributed by atoms with van der Waals surface area (Å²) in [5.41, 5.74) is 1.86. The van der Waals surface area contributed by atoms with Gasteiger partial charge in [0.2, 0.25) is 0 Å². The molecule has 0 heterocycles. The Kier molecular flexibility index (Phi) is 4.28. The lowest BCUT2D eigenvalue weighted by atomic mass is 9.89. The van der Waals surface area contributed by atoms with Crippen LogP contribution < -0.4 is 5.32 Å². The van der Waals surface area contributed by atoms with Gasteiger partial charge in [0.1, 0.15) is 0 Å². The van der Waals surface area contributed by atoms with Gasteiger partial charge in [0.25, 0.3) is 5.91 Å². The molecule has 0 aliphatic heterocycles. The molecule has 2 aromatic rings. The average Bonchev–Trinajstić information content (AvgIpc) is 3.30. The third-order valence-electron chi connectivity index (χ3n) is 4.50. The van der Waals surface area contributed by atoms with Crippen molar-refractivity contribution in [1.29, 1.82) is 0 Å². The summed E-state index contributed by atoms with van der Waals surface area (Å²) in [5.74, 6) is -0.110. The minimum Gasteiger partial charge on any atom is -0.349 e. The van der Waals surface area contributed by atoms with Crippen LogP contribution in [0, 0.1) is 0 Å². The van der Waals surface area contributed by atoms with Crippen LogP contribution in [-0.4, -0.2) is 11.9 Å². The molecule has 0 bridgehead atoms. The van der Waals surface area contributed by atoms with Crippen molar-refractivity contribution in [3.8, 4) is 0 Å². The quantitative estimate of drug-likeness (QED) is 0.801. The molecule has 0 aromatic heterocycles. The van der Waals surface area contributed by atoms with Gasteiger partial charge in [-0.05, 0) is 49.6 Å². The van der Waals surface area contributed by atoms with Crippen LogP contribution in [0.1, 0.15) is 35.7 Å². The molecule has 3 rings (SSSR count). The van der Waals surface area contributed by atoms with Crippen molar-refractivity contribution in [3.63, 3.8) is 0 Å². The molecule has 1 aliphatic carbocycles. The number of carbonyl (C=O) groups excluding carboxylic acids is 1. The van der Waals surface area contributed by atoms with E-state index in [1.165, 1.54) is 5.56 Å². The van der Waals surface area contributed by atoms with Gasteiger partial charge >= 0.3 is 0 Å². The molecule has 0 spiro atoms. The lowest BCUT2D eigenvalue weighted by molar-refractivity contribution is 0.0932. The maximum absolute atomic E-state index is 12.4. The first-order chi connectivity index (χ1) is 10.5. The van der Waals surface area contributed by atoms with Crippen LogP contribution in [0.25, 0.3) is 0 Å². The van der Waals surface area contributed by atoms with E-state index in [-0.39, 0.29) is 17.4 Å². The summed E-state index contributed by atoms with van der Waals surface area (Å²) in [5, 5.41) is 3.60. The number of halogens is 2. The average molecular weight is 379 g/mol. The Morgan fingerprint density at radius 3 is 2.41 bits per heavy atom. The summed E-state index contributed by atoms with van der Waals surface area (Å²) in [4.78, 5) is 12.4. The van der Waals surface area contributed by atoms with Crippen LogP contribution in [0.2, 0.25) is 5.02 Å². The highest BCUT2D eigenvalue weighted by Gasteiger charge is 2.49. The highest BCUT2D eigenvalue weighted by Crippen LogP contribution is 2.51. The van der Waals surface area contributed by atoms with Crippen molar-refractivity contribution in [2.75, 3.05) is 0 Å².